The maximum atomic E-state index is 12.8. The van der Waals surface area contributed by atoms with Gasteiger partial charge in [-0.25, -0.2) is 23.1 Å². The normalized spacial score (nSPS) is 16.3. The van der Waals surface area contributed by atoms with Gasteiger partial charge in [0.15, 0.2) is 0 Å². The number of fused-ring (bicyclic) bond motifs is 2. The number of H-pyrrole nitrogens is 1. The zero-order chi connectivity index (χ0) is 24.7. The lowest BCUT2D eigenvalue weighted by atomic mass is 10.2. The van der Waals surface area contributed by atoms with E-state index in [2.05, 4.69) is 20.2 Å². The maximum absolute atomic E-state index is 12.8. The van der Waals surface area contributed by atoms with Gasteiger partial charge < -0.3 is 20.1 Å². The molecule has 5 rings (SSSR count). The molecule has 0 saturated carbocycles. The summed E-state index contributed by atoms with van der Waals surface area (Å²) in [5, 5.41) is 7.64. The van der Waals surface area contributed by atoms with Crippen molar-refractivity contribution in [3.05, 3.63) is 70.3 Å². The van der Waals surface area contributed by atoms with E-state index in [1.807, 2.05) is 34.9 Å². The summed E-state index contributed by atoms with van der Waals surface area (Å²) >= 11 is 0. The van der Waals surface area contributed by atoms with Crippen molar-refractivity contribution in [3.8, 4) is 0 Å². The Hall–Kier alpha value is -3.74. The Morgan fingerprint density at radius 1 is 1.23 bits per heavy atom. The van der Waals surface area contributed by atoms with Gasteiger partial charge in [0.25, 0.3) is 0 Å². The first kappa shape index (κ1) is 23.0. The molecular formula is C23H26N8O3S. The molecule has 0 radical (unpaired) electrons. The first-order chi connectivity index (χ1) is 16.7. The molecular weight excluding hydrogens is 468 g/mol. The average Bonchev–Trinajstić information content (AvgIpc) is 3.48. The molecule has 0 aliphatic carbocycles. The summed E-state index contributed by atoms with van der Waals surface area (Å²) in [7, 11) is -3.70. The highest BCUT2D eigenvalue weighted by atomic mass is 32.2. The molecule has 11 nitrogen and oxygen atoms in total. The van der Waals surface area contributed by atoms with Crippen LogP contribution in [0.4, 0.5) is 0 Å². The second kappa shape index (κ2) is 8.80. The van der Waals surface area contributed by atoms with E-state index in [1.165, 1.54) is 0 Å². The number of allylic oxidation sites excluding steroid dienone is 1. The van der Waals surface area contributed by atoms with Gasteiger partial charge in [-0.05, 0) is 44.2 Å². The van der Waals surface area contributed by atoms with Crippen LogP contribution in [0.1, 0.15) is 31.1 Å². The number of amidine groups is 1. The molecule has 182 valence electrons. The van der Waals surface area contributed by atoms with Crippen LogP contribution in [0, 0.1) is 5.41 Å². The molecule has 0 spiro atoms. The van der Waals surface area contributed by atoms with Gasteiger partial charge in [0.1, 0.15) is 28.1 Å². The summed E-state index contributed by atoms with van der Waals surface area (Å²) in [6.07, 6.45) is 0.421. The number of nitrogens with zero attached hydrogens (tertiary/aromatic N) is 3. The number of rotatable bonds is 8. The number of nitrogens with two attached hydrogens (primary N) is 1. The SMILES string of the molecule is CC1=C(S(=O)(=O)NCCn2c(Cc3nc4ccc(C(=N)N)cc4[nH]3)nc3ccccc32)C(C)NO1. The first-order valence-corrected chi connectivity index (χ1v) is 12.6. The third-order valence-electron chi connectivity index (χ3n) is 5.95. The number of hydroxylamine groups is 1. The molecule has 0 fully saturated rings. The summed E-state index contributed by atoms with van der Waals surface area (Å²) in [5.74, 6) is 1.80. The summed E-state index contributed by atoms with van der Waals surface area (Å²) in [5.41, 5.74) is 12.2. The molecule has 2 aromatic heterocycles. The molecule has 1 aliphatic rings. The fourth-order valence-corrected chi connectivity index (χ4v) is 5.80. The number of benzene rings is 2. The van der Waals surface area contributed by atoms with Gasteiger partial charge in [-0.1, -0.05) is 12.1 Å². The minimum Gasteiger partial charge on any atom is -0.412 e. The van der Waals surface area contributed by atoms with Crippen LogP contribution in [0.15, 0.2) is 53.1 Å². The van der Waals surface area contributed by atoms with Gasteiger partial charge in [0.2, 0.25) is 10.0 Å². The zero-order valence-corrected chi connectivity index (χ0v) is 20.1. The highest BCUT2D eigenvalue weighted by Crippen LogP contribution is 2.23. The van der Waals surface area contributed by atoms with Crippen LogP contribution in [0.2, 0.25) is 0 Å². The van der Waals surface area contributed by atoms with Crippen LogP contribution >= 0.6 is 0 Å². The molecule has 6 N–H and O–H groups in total. The lowest BCUT2D eigenvalue weighted by Gasteiger charge is -2.12. The van der Waals surface area contributed by atoms with Crippen molar-refractivity contribution < 1.29 is 13.3 Å². The van der Waals surface area contributed by atoms with Crippen molar-refractivity contribution in [2.24, 2.45) is 5.73 Å². The minimum absolute atomic E-state index is 0.00686. The number of nitrogen functional groups attached to an aromatic ring is 1. The number of aromatic amines is 1. The average molecular weight is 495 g/mol. The van der Waals surface area contributed by atoms with E-state index >= 15 is 0 Å². The highest BCUT2D eigenvalue weighted by molar-refractivity contribution is 7.93. The smallest absolute Gasteiger partial charge is 0.241 e. The van der Waals surface area contributed by atoms with Crippen molar-refractivity contribution in [1.82, 2.24) is 29.7 Å². The van der Waals surface area contributed by atoms with Gasteiger partial charge in [0.05, 0.1) is 34.5 Å². The van der Waals surface area contributed by atoms with Crippen molar-refractivity contribution in [2.45, 2.75) is 32.9 Å². The molecule has 0 amide bonds. The second-order valence-corrected chi connectivity index (χ2v) is 10.2. The van der Waals surface area contributed by atoms with Crippen LogP contribution in [0.5, 0.6) is 0 Å². The third kappa shape index (κ3) is 4.38. The largest absolute Gasteiger partial charge is 0.412 e. The Labute approximate surface area is 201 Å². The number of para-hydroxylation sites is 2. The molecule has 3 heterocycles. The minimum atomic E-state index is -3.70. The van der Waals surface area contributed by atoms with Crippen molar-refractivity contribution in [3.63, 3.8) is 0 Å². The topological polar surface area (TPSA) is 164 Å². The third-order valence-corrected chi connectivity index (χ3v) is 7.75. The van der Waals surface area contributed by atoms with Gasteiger partial charge in [-0.3, -0.25) is 5.41 Å². The van der Waals surface area contributed by atoms with Crippen LogP contribution in [0.25, 0.3) is 22.1 Å². The fraction of sp³-hybridized carbons (Fsp3) is 0.261. The summed E-state index contributed by atoms with van der Waals surface area (Å²) in [4.78, 5) is 18.1. The Kier molecular flexibility index (Phi) is 5.79. The predicted octanol–water partition coefficient (Wildman–Crippen LogP) is 1.86. The first-order valence-electron chi connectivity index (χ1n) is 11.1. The molecule has 0 saturated heterocycles. The number of sulfonamides is 1. The molecule has 2 aromatic carbocycles. The van der Waals surface area contributed by atoms with Crippen LogP contribution in [-0.4, -0.2) is 46.4 Å². The molecule has 0 bridgehead atoms. The molecule has 1 atom stereocenters. The van der Waals surface area contributed by atoms with Gasteiger partial charge in [-0.2, -0.15) is 0 Å². The van der Waals surface area contributed by atoms with E-state index < -0.39 is 16.1 Å². The fourth-order valence-electron chi connectivity index (χ4n) is 4.35. The van der Waals surface area contributed by atoms with Crippen molar-refractivity contribution in [1.29, 1.82) is 5.41 Å². The molecule has 35 heavy (non-hydrogen) atoms. The Morgan fingerprint density at radius 2 is 2.03 bits per heavy atom. The quantitative estimate of drug-likeness (QED) is 0.184. The number of hydrogen-bond acceptors (Lipinski definition) is 7. The molecule has 12 heteroatoms. The van der Waals surface area contributed by atoms with E-state index in [-0.39, 0.29) is 17.3 Å². The van der Waals surface area contributed by atoms with E-state index in [4.69, 9.17) is 21.0 Å². The van der Waals surface area contributed by atoms with E-state index in [0.717, 1.165) is 27.9 Å². The van der Waals surface area contributed by atoms with Crippen LogP contribution in [-0.2, 0) is 27.8 Å². The Bertz CT molecular complexity index is 1580. The predicted molar refractivity (Wildman–Crippen MR) is 133 cm³/mol. The Morgan fingerprint density at radius 3 is 2.77 bits per heavy atom. The molecule has 1 aliphatic heterocycles. The summed E-state index contributed by atoms with van der Waals surface area (Å²) in [6.45, 7) is 3.93. The van der Waals surface area contributed by atoms with E-state index in [9.17, 15) is 8.42 Å². The number of nitrogens with one attached hydrogen (secondary N) is 4. The monoisotopic (exact) mass is 494 g/mol. The standard InChI is InChI=1S/C23H26N8O3S/c1-13-22(14(2)34-30-13)35(32,33)26-9-10-31-19-6-4-3-5-17(19)29-21(31)12-20-27-16-8-7-15(23(24)25)11-18(16)28-20/h3-8,11,13,26,30H,9-10,12H2,1-2H3,(H3,24,25)(H,27,28). The van der Waals surface area contributed by atoms with E-state index in [1.54, 1.807) is 26.0 Å². The lowest BCUT2D eigenvalue weighted by Crippen LogP contribution is -2.33. The van der Waals surface area contributed by atoms with Crippen LogP contribution < -0.4 is 15.9 Å². The molecule has 1 unspecified atom stereocenters. The number of imidazole rings is 2. The lowest BCUT2D eigenvalue weighted by molar-refractivity contribution is 0.121. The van der Waals surface area contributed by atoms with E-state index in [0.29, 0.717) is 30.1 Å². The van der Waals surface area contributed by atoms with Gasteiger partial charge in [0, 0.05) is 18.7 Å². The highest BCUT2D eigenvalue weighted by Gasteiger charge is 2.32. The van der Waals surface area contributed by atoms with Crippen molar-refractivity contribution >= 4 is 37.9 Å². The van der Waals surface area contributed by atoms with Gasteiger partial charge >= 0.3 is 0 Å². The summed E-state index contributed by atoms with van der Waals surface area (Å²) < 4.78 is 30.4. The maximum Gasteiger partial charge on any atom is 0.241 e. The van der Waals surface area contributed by atoms with Crippen molar-refractivity contribution in [2.75, 3.05) is 6.54 Å². The van der Waals surface area contributed by atoms with Crippen LogP contribution in [0.3, 0.4) is 0 Å². The summed E-state index contributed by atoms with van der Waals surface area (Å²) in [6, 6.07) is 12.7. The Balaban J connectivity index is 1.40. The zero-order valence-electron chi connectivity index (χ0n) is 19.3. The van der Waals surface area contributed by atoms with Gasteiger partial charge in [-0.15, -0.1) is 5.48 Å². The number of aromatic nitrogens is 4. The second-order valence-electron chi connectivity index (χ2n) is 8.43. The molecule has 4 aromatic rings. The number of hydrogen-bond donors (Lipinski definition) is 5.